The molecule has 0 amide bonds. The molecule has 0 aromatic rings. The summed E-state index contributed by atoms with van der Waals surface area (Å²) in [4.78, 5) is 0. The van der Waals surface area contributed by atoms with E-state index in [1.54, 1.807) is 12.2 Å². The minimum Gasteiger partial charge on any atom is -0.0988 e. The van der Waals surface area contributed by atoms with Crippen LogP contribution < -0.4 is 0 Å². The molecule has 10 heavy (non-hydrogen) atoms. The van der Waals surface area contributed by atoms with Gasteiger partial charge in [0.2, 0.25) is 0 Å². The van der Waals surface area contributed by atoms with E-state index in [2.05, 4.69) is 29.1 Å². The Morgan fingerprint density at radius 2 is 1.60 bits per heavy atom. The van der Waals surface area contributed by atoms with Gasteiger partial charge in [0.25, 0.3) is 0 Å². The van der Waals surface area contributed by atoms with Gasteiger partial charge in [-0.3, -0.25) is 0 Å². The van der Waals surface area contributed by atoms with Crippen LogP contribution in [0.2, 0.25) is 0 Å². The van der Waals surface area contributed by atoms with Crippen molar-refractivity contribution in [2.45, 2.75) is 20.8 Å². The first-order chi connectivity index (χ1) is 4.72. The van der Waals surface area contributed by atoms with E-state index in [0.29, 0.717) is 0 Å². The average molecular weight is 203 g/mol. The van der Waals surface area contributed by atoms with Gasteiger partial charge in [-0.15, -0.1) is 0 Å². The number of hydrogen-bond donors (Lipinski definition) is 0. The highest BCUT2D eigenvalue weighted by molar-refractivity contribution is 9.11. The quantitative estimate of drug-likeness (QED) is 0.594. The lowest BCUT2D eigenvalue weighted by Gasteiger charge is -1.90. The molecule has 0 fully saturated rings. The second kappa shape index (κ2) is 8.70. The Kier molecular flexibility index (Phi) is 10.8. The Morgan fingerprint density at radius 1 is 1.20 bits per heavy atom. The van der Waals surface area contributed by atoms with Gasteiger partial charge in [-0.25, -0.2) is 0 Å². The maximum Gasteiger partial charge on any atom is 0.0198 e. The van der Waals surface area contributed by atoms with Crippen LogP contribution in [0.4, 0.5) is 0 Å². The summed E-state index contributed by atoms with van der Waals surface area (Å²) >= 11 is 3.29. The fraction of sp³-hybridized carbons (Fsp3) is 0.333. The average Bonchev–Trinajstić information content (AvgIpc) is 2.05. The highest BCUT2D eigenvalue weighted by Gasteiger charge is 1.84. The standard InChI is InChI=1S/C7H9Br.C2H6/c1-4-6(3)7(8)5-2;1-2/h4-5H,1-2H2,3H3;1-2H3/b7-6+;. The van der Waals surface area contributed by atoms with Crippen molar-refractivity contribution in [2.24, 2.45) is 0 Å². The summed E-state index contributed by atoms with van der Waals surface area (Å²) in [5.74, 6) is 0. The molecule has 0 aromatic heterocycles. The van der Waals surface area contributed by atoms with Crippen molar-refractivity contribution < 1.29 is 0 Å². The predicted octanol–water partition coefficient (Wildman–Crippen LogP) is 4.05. The first-order valence-corrected chi connectivity index (χ1v) is 4.13. The molecule has 0 unspecified atom stereocenters. The van der Waals surface area contributed by atoms with Crippen LogP contribution >= 0.6 is 15.9 Å². The second-order valence-electron chi connectivity index (χ2n) is 1.44. The minimum atomic E-state index is 1.01. The maximum atomic E-state index is 3.59. The van der Waals surface area contributed by atoms with E-state index in [-0.39, 0.29) is 0 Å². The molecule has 0 rings (SSSR count). The third-order valence-electron chi connectivity index (χ3n) is 0.862. The van der Waals surface area contributed by atoms with Crippen LogP contribution in [0, 0.1) is 0 Å². The monoisotopic (exact) mass is 202 g/mol. The van der Waals surface area contributed by atoms with E-state index >= 15 is 0 Å². The Bertz CT molecular complexity index is 116. The molecule has 0 aliphatic carbocycles. The van der Waals surface area contributed by atoms with Crippen molar-refractivity contribution in [2.75, 3.05) is 0 Å². The van der Waals surface area contributed by atoms with Crippen LogP contribution in [0.15, 0.2) is 35.4 Å². The van der Waals surface area contributed by atoms with Gasteiger partial charge in [0.1, 0.15) is 0 Å². The van der Waals surface area contributed by atoms with Crippen molar-refractivity contribution in [1.29, 1.82) is 0 Å². The number of rotatable bonds is 2. The van der Waals surface area contributed by atoms with Gasteiger partial charge >= 0.3 is 0 Å². The summed E-state index contributed by atoms with van der Waals surface area (Å²) in [7, 11) is 0. The minimum absolute atomic E-state index is 1.01. The van der Waals surface area contributed by atoms with Crippen LogP contribution in [0.3, 0.4) is 0 Å². The maximum absolute atomic E-state index is 3.59. The van der Waals surface area contributed by atoms with Gasteiger partial charge in [0.05, 0.1) is 0 Å². The van der Waals surface area contributed by atoms with Crippen LogP contribution in [0.25, 0.3) is 0 Å². The predicted molar refractivity (Wildman–Crippen MR) is 53.4 cm³/mol. The van der Waals surface area contributed by atoms with Crippen molar-refractivity contribution in [3.63, 3.8) is 0 Å². The summed E-state index contributed by atoms with van der Waals surface area (Å²) in [6.45, 7) is 13.1. The lowest BCUT2D eigenvalue weighted by Crippen LogP contribution is -1.67. The zero-order valence-electron chi connectivity index (χ0n) is 6.95. The van der Waals surface area contributed by atoms with Gasteiger partial charge in [0.15, 0.2) is 0 Å². The van der Waals surface area contributed by atoms with Gasteiger partial charge in [-0.2, -0.15) is 0 Å². The Balaban J connectivity index is 0. The van der Waals surface area contributed by atoms with E-state index in [1.807, 2.05) is 20.8 Å². The normalized spacial score (nSPS) is 10.4. The molecule has 1 heteroatoms. The molecule has 0 radical (unpaired) electrons. The number of hydrogen-bond acceptors (Lipinski definition) is 0. The summed E-state index contributed by atoms with van der Waals surface area (Å²) in [5, 5.41) is 0. The molecule has 0 saturated carbocycles. The molecular weight excluding hydrogens is 188 g/mol. The fourth-order valence-corrected chi connectivity index (χ4v) is 0.420. The molecule has 0 heterocycles. The molecule has 0 aliphatic heterocycles. The topological polar surface area (TPSA) is 0 Å². The molecule has 58 valence electrons. The van der Waals surface area contributed by atoms with Crippen LogP contribution in [0.1, 0.15) is 20.8 Å². The van der Waals surface area contributed by atoms with Crippen LogP contribution in [0.5, 0.6) is 0 Å². The molecule has 0 atom stereocenters. The summed E-state index contributed by atoms with van der Waals surface area (Å²) in [5.41, 5.74) is 1.11. The summed E-state index contributed by atoms with van der Waals surface area (Å²) < 4.78 is 1.01. The van der Waals surface area contributed by atoms with Crippen molar-refractivity contribution in [3.8, 4) is 0 Å². The molecule has 0 nitrogen and oxygen atoms in total. The van der Waals surface area contributed by atoms with Crippen molar-refractivity contribution >= 4 is 15.9 Å². The van der Waals surface area contributed by atoms with E-state index < -0.39 is 0 Å². The molecular formula is C9H15Br. The van der Waals surface area contributed by atoms with Crippen LogP contribution in [-0.2, 0) is 0 Å². The third kappa shape index (κ3) is 5.83. The molecule has 0 N–H and O–H groups in total. The molecule has 0 aliphatic rings. The number of allylic oxidation sites excluding steroid dienone is 4. The van der Waals surface area contributed by atoms with E-state index in [9.17, 15) is 0 Å². The van der Waals surface area contributed by atoms with E-state index in [1.165, 1.54) is 0 Å². The fourth-order valence-electron chi connectivity index (χ4n) is 0.258. The van der Waals surface area contributed by atoms with Gasteiger partial charge in [-0.05, 0) is 12.5 Å². The van der Waals surface area contributed by atoms with Gasteiger partial charge < -0.3 is 0 Å². The van der Waals surface area contributed by atoms with Crippen LogP contribution in [-0.4, -0.2) is 0 Å². The van der Waals surface area contributed by atoms with E-state index in [4.69, 9.17) is 0 Å². The van der Waals surface area contributed by atoms with Crippen molar-refractivity contribution in [3.05, 3.63) is 35.4 Å². The lowest BCUT2D eigenvalue weighted by atomic mass is 10.3. The number of halogens is 1. The third-order valence-corrected chi connectivity index (χ3v) is 1.81. The smallest absolute Gasteiger partial charge is 0.0198 e. The largest absolute Gasteiger partial charge is 0.0988 e. The first kappa shape index (κ1) is 12.4. The molecule has 0 aromatic carbocycles. The summed E-state index contributed by atoms with van der Waals surface area (Å²) in [6.07, 6.45) is 3.53. The zero-order chi connectivity index (χ0) is 8.57. The molecule has 0 spiro atoms. The second-order valence-corrected chi connectivity index (χ2v) is 2.29. The highest BCUT2D eigenvalue weighted by Crippen LogP contribution is 2.12. The van der Waals surface area contributed by atoms with Gasteiger partial charge in [-0.1, -0.05) is 55.1 Å². The summed E-state index contributed by atoms with van der Waals surface area (Å²) in [6, 6.07) is 0. The van der Waals surface area contributed by atoms with Crippen molar-refractivity contribution in [1.82, 2.24) is 0 Å². The molecule has 0 saturated heterocycles. The highest BCUT2D eigenvalue weighted by atomic mass is 79.9. The van der Waals surface area contributed by atoms with E-state index in [0.717, 1.165) is 10.1 Å². The Morgan fingerprint density at radius 3 is 1.70 bits per heavy atom. The lowest BCUT2D eigenvalue weighted by molar-refractivity contribution is 1.50. The Hall–Kier alpha value is -0.300. The zero-order valence-corrected chi connectivity index (χ0v) is 8.53. The molecule has 0 bridgehead atoms. The first-order valence-electron chi connectivity index (χ1n) is 3.33. The van der Waals surface area contributed by atoms with Gasteiger partial charge in [0, 0.05) is 4.48 Å². The Labute approximate surface area is 72.5 Å². The SMILES string of the molecule is C=C/C(C)=C(/Br)C=C.CC.